The zero-order chi connectivity index (χ0) is 14.2. The number of rotatable bonds is 2. The summed E-state index contributed by atoms with van der Waals surface area (Å²) in [6, 6.07) is 8.39. The summed E-state index contributed by atoms with van der Waals surface area (Å²) in [6.07, 6.45) is 7.84. The van der Waals surface area contributed by atoms with E-state index in [0.29, 0.717) is 5.92 Å². The van der Waals surface area contributed by atoms with Crippen LogP contribution in [0.1, 0.15) is 49.3 Å². The molecule has 2 heterocycles. The highest BCUT2D eigenvalue weighted by molar-refractivity contribution is 9.10. The van der Waals surface area contributed by atoms with Crippen molar-refractivity contribution in [2.75, 3.05) is 11.9 Å². The van der Waals surface area contributed by atoms with Crippen molar-refractivity contribution in [3.05, 3.63) is 40.0 Å². The van der Waals surface area contributed by atoms with E-state index in [-0.39, 0.29) is 0 Å². The topological polar surface area (TPSA) is 29.9 Å². The molecule has 0 spiro atoms. The summed E-state index contributed by atoms with van der Waals surface area (Å²) in [5, 5.41) is 8.53. The average Bonchev–Trinajstić information content (AvgIpc) is 3.10. The molecule has 1 aliphatic carbocycles. The van der Waals surface area contributed by atoms with Gasteiger partial charge < -0.3 is 5.32 Å². The normalized spacial score (nSPS) is 18.5. The van der Waals surface area contributed by atoms with E-state index in [1.165, 1.54) is 49.2 Å². The van der Waals surface area contributed by atoms with Crippen molar-refractivity contribution >= 4 is 21.7 Å². The number of nitrogens with one attached hydrogen (secondary N) is 1. The molecule has 0 atom stereocenters. The Morgan fingerprint density at radius 3 is 2.86 bits per heavy atom. The molecule has 1 aromatic heterocycles. The van der Waals surface area contributed by atoms with E-state index in [2.05, 4.69) is 50.2 Å². The number of benzene rings is 1. The minimum atomic E-state index is 0.667. The third-order valence-electron chi connectivity index (χ3n) is 4.73. The van der Waals surface area contributed by atoms with Crippen LogP contribution in [-0.4, -0.2) is 16.3 Å². The molecule has 0 radical (unpaired) electrons. The van der Waals surface area contributed by atoms with Crippen LogP contribution in [0, 0.1) is 0 Å². The van der Waals surface area contributed by atoms with Gasteiger partial charge in [-0.3, -0.25) is 0 Å². The number of hydrogen-bond donors (Lipinski definition) is 1. The summed E-state index contributed by atoms with van der Waals surface area (Å²) < 4.78 is 3.21. The maximum atomic E-state index is 5.00. The fourth-order valence-electron chi connectivity index (χ4n) is 3.70. The van der Waals surface area contributed by atoms with Crippen LogP contribution in [0.15, 0.2) is 28.7 Å². The Morgan fingerprint density at radius 2 is 2.05 bits per heavy atom. The highest BCUT2D eigenvalue weighted by Gasteiger charge is 2.28. The maximum absolute atomic E-state index is 5.00. The van der Waals surface area contributed by atoms with Gasteiger partial charge >= 0.3 is 0 Å². The van der Waals surface area contributed by atoms with Gasteiger partial charge in [-0.2, -0.15) is 5.10 Å². The van der Waals surface area contributed by atoms with E-state index in [4.69, 9.17) is 5.10 Å². The van der Waals surface area contributed by atoms with Gasteiger partial charge in [-0.25, -0.2) is 4.68 Å². The molecule has 4 heteroatoms. The molecule has 0 saturated heterocycles. The summed E-state index contributed by atoms with van der Waals surface area (Å²) in [4.78, 5) is 0. The van der Waals surface area contributed by atoms with E-state index in [0.717, 1.165) is 23.1 Å². The molecule has 2 aromatic rings. The molecule has 0 unspecified atom stereocenters. The van der Waals surface area contributed by atoms with E-state index in [1.807, 2.05) is 0 Å². The van der Waals surface area contributed by atoms with Gasteiger partial charge in [-0.05, 0) is 37.5 Å². The van der Waals surface area contributed by atoms with Crippen LogP contribution in [-0.2, 0) is 6.42 Å². The lowest BCUT2D eigenvalue weighted by molar-refractivity contribution is 0.433. The van der Waals surface area contributed by atoms with Crippen molar-refractivity contribution in [2.24, 2.45) is 0 Å². The summed E-state index contributed by atoms with van der Waals surface area (Å²) in [5.74, 6) is 1.88. The molecular formula is C17H20BrN3. The molecule has 1 fully saturated rings. The molecule has 3 nitrogen and oxygen atoms in total. The van der Waals surface area contributed by atoms with E-state index in [1.54, 1.807) is 0 Å². The highest BCUT2D eigenvalue weighted by atomic mass is 79.9. The minimum Gasteiger partial charge on any atom is -0.369 e. The quantitative estimate of drug-likeness (QED) is 0.858. The van der Waals surface area contributed by atoms with Crippen LogP contribution >= 0.6 is 15.9 Å². The number of anilines is 1. The van der Waals surface area contributed by atoms with Crippen LogP contribution in [0.3, 0.4) is 0 Å². The zero-order valence-corrected chi connectivity index (χ0v) is 13.7. The second-order valence-electron chi connectivity index (χ2n) is 6.12. The van der Waals surface area contributed by atoms with Crippen molar-refractivity contribution in [1.29, 1.82) is 0 Å². The number of nitrogens with zero attached hydrogens (tertiary/aromatic N) is 2. The maximum Gasteiger partial charge on any atom is 0.133 e. The zero-order valence-electron chi connectivity index (χ0n) is 12.1. The fourth-order valence-corrected chi connectivity index (χ4v) is 4.09. The molecule has 2 aliphatic rings. The second-order valence-corrected chi connectivity index (χ2v) is 7.03. The molecule has 21 heavy (non-hydrogen) atoms. The Kier molecular flexibility index (Phi) is 3.49. The first-order valence-electron chi connectivity index (χ1n) is 7.94. The predicted molar refractivity (Wildman–Crippen MR) is 89.3 cm³/mol. The van der Waals surface area contributed by atoms with Crippen LogP contribution in [0.5, 0.6) is 0 Å². The standard InChI is InChI=1S/C17H20BrN3/c18-13-7-4-8-14(11-13)21-17-15(9-10-19-17)16(20-21)12-5-2-1-3-6-12/h4,7-8,11-12,19H,1-3,5-6,9-10H2. The molecule has 1 aliphatic heterocycles. The molecule has 110 valence electrons. The predicted octanol–water partition coefficient (Wildman–Crippen LogP) is 4.65. The van der Waals surface area contributed by atoms with Gasteiger partial charge in [0, 0.05) is 22.5 Å². The largest absolute Gasteiger partial charge is 0.369 e. The van der Waals surface area contributed by atoms with Gasteiger partial charge in [0.2, 0.25) is 0 Å². The van der Waals surface area contributed by atoms with Gasteiger partial charge in [0.1, 0.15) is 5.82 Å². The van der Waals surface area contributed by atoms with E-state index in [9.17, 15) is 0 Å². The minimum absolute atomic E-state index is 0.667. The summed E-state index contributed by atoms with van der Waals surface area (Å²) in [7, 11) is 0. The Bertz CT molecular complexity index is 656. The molecule has 1 saturated carbocycles. The lowest BCUT2D eigenvalue weighted by atomic mass is 9.85. The fraction of sp³-hybridized carbons (Fsp3) is 0.471. The third-order valence-corrected chi connectivity index (χ3v) is 5.22. The molecule has 1 N–H and O–H groups in total. The lowest BCUT2D eigenvalue weighted by Crippen LogP contribution is -2.09. The SMILES string of the molecule is Brc1cccc(-n2nc(C3CCCCC3)c3c2NCC3)c1. The molecule has 1 aromatic carbocycles. The summed E-state index contributed by atoms with van der Waals surface area (Å²) in [5.41, 5.74) is 3.95. The second kappa shape index (κ2) is 5.48. The van der Waals surface area contributed by atoms with Crippen molar-refractivity contribution in [3.63, 3.8) is 0 Å². The Morgan fingerprint density at radius 1 is 1.19 bits per heavy atom. The van der Waals surface area contributed by atoms with Crippen LogP contribution < -0.4 is 5.32 Å². The van der Waals surface area contributed by atoms with Gasteiger partial charge in [0.05, 0.1) is 11.4 Å². The molecule has 0 bridgehead atoms. The number of aromatic nitrogens is 2. The number of hydrogen-bond acceptors (Lipinski definition) is 2. The first-order chi connectivity index (χ1) is 10.3. The van der Waals surface area contributed by atoms with Gasteiger partial charge in [0.15, 0.2) is 0 Å². The van der Waals surface area contributed by atoms with Crippen LogP contribution in [0.4, 0.5) is 5.82 Å². The van der Waals surface area contributed by atoms with Crippen LogP contribution in [0.2, 0.25) is 0 Å². The molecule has 4 rings (SSSR count). The lowest BCUT2D eigenvalue weighted by Gasteiger charge is -2.20. The van der Waals surface area contributed by atoms with E-state index >= 15 is 0 Å². The average molecular weight is 346 g/mol. The smallest absolute Gasteiger partial charge is 0.133 e. The van der Waals surface area contributed by atoms with Crippen molar-refractivity contribution < 1.29 is 0 Å². The first kappa shape index (κ1) is 13.4. The summed E-state index contributed by atoms with van der Waals surface area (Å²) in [6.45, 7) is 1.04. The van der Waals surface area contributed by atoms with Gasteiger partial charge in [0.25, 0.3) is 0 Å². The van der Waals surface area contributed by atoms with Gasteiger partial charge in [-0.15, -0.1) is 0 Å². The first-order valence-corrected chi connectivity index (χ1v) is 8.74. The van der Waals surface area contributed by atoms with Crippen molar-refractivity contribution in [1.82, 2.24) is 9.78 Å². The summed E-state index contributed by atoms with van der Waals surface area (Å²) >= 11 is 3.56. The monoisotopic (exact) mass is 345 g/mol. The highest BCUT2D eigenvalue weighted by Crippen LogP contribution is 2.39. The third kappa shape index (κ3) is 2.39. The van der Waals surface area contributed by atoms with Crippen molar-refractivity contribution in [2.45, 2.75) is 44.4 Å². The van der Waals surface area contributed by atoms with Crippen molar-refractivity contribution in [3.8, 4) is 5.69 Å². The van der Waals surface area contributed by atoms with E-state index < -0.39 is 0 Å². The Hall–Kier alpha value is -1.29. The molecule has 0 amide bonds. The Labute approximate surface area is 133 Å². The molecular weight excluding hydrogens is 326 g/mol. The number of fused-ring (bicyclic) bond motifs is 1. The van der Waals surface area contributed by atoms with Gasteiger partial charge in [-0.1, -0.05) is 41.3 Å². The number of halogens is 1. The Balaban J connectivity index is 1.78. The van der Waals surface area contributed by atoms with Crippen LogP contribution in [0.25, 0.3) is 5.69 Å².